The van der Waals surface area contributed by atoms with Crippen LogP contribution in [0.15, 0.2) is 36.8 Å². The Morgan fingerprint density at radius 3 is 3.00 bits per heavy atom. The number of piperidine rings is 1. The third kappa shape index (κ3) is 3.02. The lowest BCUT2D eigenvalue weighted by atomic mass is 9.94. The number of nitrogens with zero attached hydrogens (tertiary/aromatic N) is 4. The summed E-state index contributed by atoms with van der Waals surface area (Å²) in [4.78, 5) is 20.1. The van der Waals surface area contributed by atoms with Crippen molar-refractivity contribution in [3.63, 3.8) is 0 Å². The summed E-state index contributed by atoms with van der Waals surface area (Å²) >= 11 is 1.29. The highest BCUT2D eigenvalue weighted by Crippen LogP contribution is 2.41. The summed E-state index contributed by atoms with van der Waals surface area (Å²) in [6.07, 6.45) is 4.22. The molecule has 1 fully saturated rings. The first-order valence-corrected chi connectivity index (χ1v) is 8.76. The van der Waals surface area contributed by atoms with Gasteiger partial charge in [-0.15, -0.1) is 11.3 Å². The summed E-state index contributed by atoms with van der Waals surface area (Å²) in [7, 11) is 1.73. The summed E-state index contributed by atoms with van der Waals surface area (Å²) in [6.45, 7) is 0.0209. The molecule has 1 aliphatic heterocycles. The highest BCUT2D eigenvalue weighted by molar-refractivity contribution is 7.20. The molecular formula is C17H16F2N4OS. The molecule has 3 aromatic heterocycles. The fourth-order valence-electron chi connectivity index (χ4n) is 3.21. The average molecular weight is 362 g/mol. The van der Waals surface area contributed by atoms with Crippen molar-refractivity contribution < 1.29 is 13.6 Å². The molecule has 1 amide bonds. The first kappa shape index (κ1) is 16.1. The van der Waals surface area contributed by atoms with E-state index in [-0.39, 0.29) is 25.3 Å². The maximum absolute atomic E-state index is 14.0. The van der Waals surface area contributed by atoms with Gasteiger partial charge in [-0.2, -0.15) is 5.10 Å². The summed E-state index contributed by atoms with van der Waals surface area (Å²) in [5.74, 6) is -3.01. The zero-order valence-electron chi connectivity index (χ0n) is 13.5. The van der Waals surface area contributed by atoms with E-state index in [2.05, 4.69) is 10.1 Å². The number of carbonyl (C=O) groups excluding carboxylic acids is 1. The van der Waals surface area contributed by atoms with Crippen LogP contribution in [0.1, 0.15) is 34.1 Å². The van der Waals surface area contributed by atoms with Crippen molar-refractivity contribution in [1.82, 2.24) is 19.7 Å². The van der Waals surface area contributed by atoms with E-state index in [4.69, 9.17) is 0 Å². The fraction of sp³-hybridized carbons (Fsp3) is 0.353. The Bertz CT molecular complexity index is 903. The van der Waals surface area contributed by atoms with Crippen LogP contribution in [0.3, 0.4) is 0 Å². The molecule has 0 spiro atoms. The molecule has 1 unspecified atom stereocenters. The smallest absolute Gasteiger partial charge is 0.264 e. The minimum Gasteiger partial charge on any atom is -0.330 e. The molecule has 5 nitrogen and oxygen atoms in total. The monoisotopic (exact) mass is 362 g/mol. The van der Waals surface area contributed by atoms with E-state index in [9.17, 15) is 13.6 Å². The molecule has 1 aliphatic rings. The molecular weight excluding hydrogens is 346 g/mol. The van der Waals surface area contributed by atoms with Gasteiger partial charge in [-0.25, -0.2) is 13.8 Å². The van der Waals surface area contributed by atoms with E-state index in [0.29, 0.717) is 10.4 Å². The number of fused-ring (bicyclic) bond motifs is 1. The van der Waals surface area contributed by atoms with Crippen molar-refractivity contribution >= 4 is 27.5 Å². The topological polar surface area (TPSA) is 51.0 Å². The van der Waals surface area contributed by atoms with Crippen LogP contribution in [0.2, 0.25) is 0 Å². The number of thiophene rings is 1. The third-order valence-electron chi connectivity index (χ3n) is 4.46. The molecule has 1 saturated heterocycles. The number of hydrogen-bond donors (Lipinski definition) is 0. The summed E-state index contributed by atoms with van der Waals surface area (Å²) in [5.41, 5.74) is 0.634. The number of amides is 1. The minimum absolute atomic E-state index is 0.0209. The Hall–Kier alpha value is -2.35. The number of aromatic nitrogens is 3. The van der Waals surface area contributed by atoms with Gasteiger partial charge in [0.25, 0.3) is 11.8 Å². The van der Waals surface area contributed by atoms with Gasteiger partial charge in [-0.1, -0.05) is 6.07 Å². The predicted molar refractivity (Wildman–Crippen MR) is 90.8 cm³/mol. The molecule has 1 atom stereocenters. The van der Waals surface area contributed by atoms with Crippen molar-refractivity contribution in [2.45, 2.75) is 24.8 Å². The number of carbonyl (C=O) groups is 1. The quantitative estimate of drug-likeness (QED) is 0.699. The SMILES string of the molecule is Cn1cc(C2CC(F)(F)CCN2C(=O)c2cc3cccnc3s2)cn1. The predicted octanol–water partition coefficient (Wildman–Crippen LogP) is 3.64. The zero-order valence-corrected chi connectivity index (χ0v) is 14.3. The first-order valence-electron chi connectivity index (χ1n) is 7.95. The van der Waals surface area contributed by atoms with Gasteiger partial charge in [0.15, 0.2) is 0 Å². The fourth-order valence-corrected chi connectivity index (χ4v) is 4.17. The number of pyridine rings is 1. The lowest BCUT2D eigenvalue weighted by Gasteiger charge is -2.38. The number of likely N-dealkylation sites (tertiary alicyclic amines) is 1. The van der Waals surface area contributed by atoms with Gasteiger partial charge >= 0.3 is 0 Å². The molecule has 130 valence electrons. The first-order chi connectivity index (χ1) is 11.9. The van der Waals surface area contributed by atoms with E-state index in [1.54, 1.807) is 41.3 Å². The molecule has 0 saturated carbocycles. The highest BCUT2D eigenvalue weighted by Gasteiger charge is 2.43. The van der Waals surface area contributed by atoms with Crippen molar-refractivity contribution in [2.24, 2.45) is 7.05 Å². The Labute approximate surface area is 146 Å². The Kier molecular flexibility index (Phi) is 3.79. The van der Waals surface area contributed by atoms with E-state index in [1.807, 2.05) is 12.1 Å². The zero-order chi connectivity index (χ0) is 17.6. The van der Waals surface area contributed by atoms with Gasteiger partial charge in [-0.05, 0) is 12.1 Å². The van der Waals surface area contributed by atoms with Gasteiger partial charge in [0.2, 0.25) is 0 Å². The maximum atomic E-state index is 14.0. The largest absolute Gasteiger partial charge is 0.330 e. The second kappa shape index (κ2) is 5.87. The van der Waals surface area contributed by atoms with Gasteiger partial charge in [0, 0.05) is 49.8 Å². The number of hydrogen-bond acceptors (Lipinski definition) is 4. The van der Waals surface area contributed by atoms with E-state index in [0.717, 1.165) is 10.2 Å². The molecule has 4 rings (SSSR count). The van der Waals surface area contributed by atoms with Crippen LogP contribution >= 0.6 is 11.3 Å². The van der Waals surface area contributed by atoms with E-state index < -0.39 is 12.0 Å². The van der Waals surface area contributed by atoms with Crippen LogP contribution in [0.4, 0.5) is 8.78 Å². The number of halogens is 2. The summed E-state index contributed by atoms with van der Waals surface area (Å²) < 4.78 is 29.5. The average Bonchev–Trinajstić information content (AvgIpc) is 3.19. The van der Waals surface area contributed by atoms with Gasteiger partial charge in [0.1, 0.15) is 4.83 Å². The van der Waals surface area contributed by atoms with E-state index >= 15 is 0 Å². The summed E-state index contributed by atoms with van der Waals surface area (Å²) in [5, 5.41) is 4.95. The van der Waals surface area contributed by atoms with Crippen molar-refractivity contribution in [1.29, 1.82) is 0 Å². The van der Waals surface area contributed by atoms with E-state index in [1.165, 1.54) is 11.3 Å². The Morgan fingerprint density at radius 1 is 1.44 bits per heavy atom. The van der Waals surface area contributed by atoms with Crippen LogP contribution in [-0.2, 0) is 7.05 Å². The highest BCUT2D eigenvalue weighted by atomic mass is 32.1. The maximum Gasteiger partial charge on any atom is 0.264 e. The molecule has 0 radical (unpaired) electrons. The minimum atomic E-state index is -2.78. The molecule has 0 aliphatic carbocycles. The molecule has 3 aromatic rings. The van der Waals surface area contributed by atoms with Gasteiger partial charge in [0.05, 0.1) is 17.1 Å². The van der Waals surface area contributed by atoms with Crippen LogP contribution in [0, 0.1) is 0 Å². The molecule has 25 heavy (non-hydrogen) atoms. The Balaban J connectivity index is 1.69. The molecule has 8 heteroatoms. The second-order valence-corrected chi connectivity index (χ2v) is 7.31. The lowest BCUT2D eigenvalue weighted by Crippen LogP contribution is -2.44. The van der Waals surface area contributed by atoms with Crippen LogP contribution in [0.25, 0.3) is 10.2 Å². The number of rotatable bonds is 2. The lowest BCUT2D eigenvalue weighted by molar-refractivity contribution is -0.0706. The molecule has 0 N–H and O–H groups in total. The molecule has 0 bridgehead atoms. The standard InChI is InChI=1S/C17H16F2N4OS/c1-22-10-12(9-21-22)13-8-17(18,19)4-6-23(13)16(24)14-7-11-3-2-5-20-15(11)25-14/h2-3,5,7,9-10,13H,4,6,8H2,1H3. The Morgan fingerprint density at radius 2 is 2.28 bits per heavy atom. The molecule has 4 heterocycles. The molecule has 0 aromatic carbocycles. The number of alkyl halides is 2. The van der Waals surface area contributed by atoms with Gasteiger partial charge < -0.3 is 4.90 Å². The summed E-state index contributed by atoms with van der Waals surface area (Å²) in [6, 6.07) is 4.80. The van der Waals surface area contributed by atoms with Gasteiger partial charge in [-0.3, -0.25) is 9.48 Å². The second-order valence-electron chi connectivity index (χ2n) is 6.28. The van der Waals surface area contributed by atoms with Crippen LogP contribution in [-0.4, -0.2) is 38.0 Å². The van der Waals surface area contributed by atoms with Crippen molar-refractivity contribution in [2.75, 3.05) is 6.54 Å². The van der Waals surface area contributed by atoms with Crippen molar-refractivity contribution in [3.05, 3.63) is 47.2 Å². The third-order valence-corrected chi connectivity index (χ3v) is 5.51. The normalized spacial score (nSPS) is 20.1. The number of aryl methyl sites for hydroxylation is 1. The van der Waals surface area contributed by atoms with Crippen LogP contribution in [0.5, 0.6) is 0 Å². The van der Waals surface area contributed by atoms with Crippen LogP contribution < -0.4 is 0 Å². The van der Waals surface area contributed by atoms with Crippen molar-refractivity contribution in [3.8, 4) is 0 Å².